The average molecular weight is 336 g/mol. The minimum absolute atomic E-state index is 0.497. The fraction of sp³-hybridized carbons (Fsp3) is 0.154. The predicted molar refractivity (Wildman–Crippen MR) is 110 cm³/mol. The van der Waals surface area contributed by atoms with Gasteiger partial charge in [0.05, 0.1) is 0 Å². The van der Waals surface area contributed by atoms with Crippen LogP contribution in [0.5, 0.6) is 0 Å². The van der Waals surface area contributed by atoms with E-state index < -0.39 is 0 Å². The van der Waals surface area contributed by atoms with Crippen LogP contribution in [-0.2, 0) is 19.3 Å². The molecular weight excluding hydrogens is 312 g/mol. The molecule has 0 bridgehead atoms. The summed E-state index contributed by atoms with van der Waals surface area (Å²) in [5, 5.41) is 0. The van der Waals surface area contributed by atoms with Crippen molar-refractivity contribution in [1.82, 2.24) is 0 Å². The molecular formula is C26H24. The lowest BCUT2D eigenvalue weighted by atomic mass is 9.88. The Morgan fingerprint density at radius 3 is 1.62 bits per heavy atom. The Kier molecular flexibility index (Phi) is 5.12. The summed E-state index contributed by atoms with van der Waals surface area (Å²) in [6.07, 6.45) is 7.90. The molecule has 0 radical (unpaired) electrons. The zero-order chi connectivity index (χ0) is 17.6. The second-order valence-corrected chi connectivity index (χ2v) is 7.03. The summed E-state index contributed by atoms with van der Waals surface area (Å²) in [6, 6.07) is 32.5. The summed E-state index contributed by atoms with van der Waals surface area (Å²) in [4.78, 5) is 0. The van der Waals surface area contributed by atoms with Crippen LogP contribution in [0.15, 0.2) is 114 Å². The van der Waals surface area contributed by atoms with Crippen molar-refractivity contribution in [3.8, 4) is 0 Å². The maximum Gasteiger partial charge on any atom is 0.00296 e. The summed E-state index contributed by atoms with van der Waals surface area (Å²) < 4.78 is 0. The quantitative estimate of drug-likeness (QED) is 0.503. The molecule has 128 valence electrons. The smallest absolute Gasteiger partial charge is 0.00296 e. The third-order valence-electron chi connectivity index (χ3n) is 5.16. The largest absolute Gasteiger partial charge is 0.0767 e. The zero-order valence-electron chi connectivity index (χ0n) is 15.0. The molecule has 3 aromatic carbocycles. The minimum Gasteiger partial charge on any atom is -0.0767 e. The number of rotatable bonds is 6. The van der Waals surface area contributed by atoms with Gasteiger partial charge in [-0.2, -0.15) is 0 Å². The second-order valence-electron chi connectivity index (χ2n) is 7.03. The van der Waals surface area contributed by atoms with Gasteiger partial charge in [0.2, 0.25) is 0 Å². The van der Waals surface area contributed by atoms with Crippen LogP contribution in [0.3, 0.4) is 0 Å². The van der Waals surface area contributed by atoms with Crippen LogP contribution >= 0.6 is 0 Å². The van der Waals surface area contributed by atoms with E-state index in [1.165, 1.54) is 22.3 Å². The Balaban J connectivity index is 1.62. The minimum atomic E-state index is 0.497. The first-order valence-electron chi connectivity index (χ1n) is 9.40. The lowest BCUT2D eigenvalue weighted by molar-refractivity contribution is 0.735. The van der Waals surface area contributed by atoms with E-state index >= 15 is 0 Å². The molecule has 3 aromatic rings. The summed E-state index contributed by atoms with van der Waals surface area (Å²) in [5.41, 5.74) is 7.26. The van der Waals surface area contributed by atoms with Gasteiger partial charge in [-0.05, 0) is 41.5 Å². The zero-order valence-corrected chi connectivity index (χ0v) is 15.0. The number of benzene rings is 3. The van der Waals surface area contributed by atoms with Crippen molar-refractivity contribution >= 4 is 0 Å². The second kappa shape index (κ2) is 8.01. The first kappa shape index (κ1) is 16.6. The van der Waals surface area contributed by atoms with Gasteiger partial charge in [-0.1, -0.05) is 109 Å². The lowest BCUT2D eigenvalue weighted by Gasteiger charge is -2.17. The van der Waals surface area contributed by atoms with Crippen LogP contribution in [0.1, 0.15) is 16.7 Å². The maximum absolute atomic E-state index is 2.41. The topological polar surface area (TPSA) is 0 Å². The molecule has 0 N–H and O–H groups in total. The van der Waals surface area contributed by atoms with Crippen molar-refractivity contribution in [1.29, 1.82) is 0 Å². The predicted octanol–water partition coefficient (Wildman–Crippen LogP) is 6.20. The summed E-state index contributed by atoms with van der Waals surface area (Å²) in [6.45, 7) is 0. The molecule has 4 rings (SSSR count). The fourth-order valence-electron chi connectivity index (χ4n) is 3.80. The molecule has 0 spiro atoms. The van der Waals surface area contributed by atoms with Crippen LogP contribution < -0.4 is 0 Å². The fourth-order valence-corrected chi connectivity index (χ4v) is 3.80. The van der Waals surface area contributed by atoms with Gasteiger partial charge in [0.1, 0.15) is 0 Å². The Bertz CT molecular complexity index is 887. The van der Waals surface area contributed by atoms with Crippen LogP contribution in [-0.4, -0.2) is 0 Å². The summed E-state index contributed by atoms with van der Waals surface area (Å²) >= 11 is 0. The van der Waals surface area contributed by atoms with Gasteiger partial charge in [0.15, 0.2) is 0 Å². The molecule has 1 aliphatic rings. The third kappa shape index (κ3) is 4.03. The van der Waals surface area contributed by atoms with Crippen molar-refractivity contribution in [2.75, 3.05) is 0 Å². The van der Waals surface area contributed by atoms with Gasteiger partial charge >= 0.3 is 0 Å². The van der Waals surface area contributed by atoms with E-state index in [9.17, 15) is 0 Å². The van der Waals surface area contributed by atoms with Crippen LogP contribution in [0.25, 0.3) is 0 Å². The highest BCUT2D eigenvalue weighted by atomic mass is 14.3. The molecule has 0 saturated carbocycles. The molecule has 0 heteroatoms. The van der Waals surface area contributed by atoms with Crippen LogP contribution in [0.4, 0.5) is 0 Å². The highest BCUT2D eigenvalue weighted by molar-refractivity contribution is 5.43. The number of hydrogen-bond acceptors (Lipinski definition) is 0. The highest BCUT2D eigenvalue weighted by Gasteiger charge is 2.21. The van der Waals surface area contributed by atoms with Gasteiger partial charge in [-0.15, -0.1) is 0 Å². The van der Waals surface area contributed by atoms with Gasteiger partial charge in [-0.25, -0.2) is 0 Å². The van der Waals surface area contributed by atoms with E-state index in [1.807, 2.05) is 0 Å². The van der Waals surface area contributed by atoms with Crippen LogP contribution in [0, 0.1) is 5.92 Å². The Labute approximate surface area is 156 Å². The molecule has 0 amide bonds. The normalized spacial score (nSPS) is 16.2. The average Bonchev–Trinajstić information content (AvgIpc) is 3.05. The molecule has 1 aliphatic carbocycles. The monoisotopic (exact) mass is 336 g/mol. The highest BCUT2D eigenvalue weighted by Crippen LogP contribution is 2.33. The Morgan fingerprint density at radius 1 is 0.538 bits per heavy atom. The van der Waals surface area contributed by atoms with E-state index in [4.69, 9.17) is 0 Å². The first-order valence-corrected chi connectivity index (χ1v) is 9.40. The van der Waals surface area contributed by atoms with E-state index in [0.29, 0.717) is 5.92 Å². The van der Waals surface area contributed by atoms with E-state index in [2.05, 4.69) is 103 Å². The summed E-state index contributed by atoms with van der Waals surface area (Å²) in [5.74, 6) is 0.497. The standard InChI is InChI=1S/C26H24/c1-4-10-21(11-5-1)18-24-16-17-25(19-22-12-6-2-7-13-22)26(24)20-23-14-8-3-9-15-23/h1-17,24H,18-20H2. The molecule has 0 saturated heterocycles. The van der Waals surface area contributed by atoms with Gasteiger partial charge in [-0.3, -0.25) is 0 Å². The Morgan fingerprint density at radius 2 is 1.04 bits per heavy atom. The number of allylic oxidation sites excluding steroid dienone is 4. The molecule has 0 aromatic heterocycles. The molecule has 0 fully saturated rings. The van der Waals surface area contributed by atoms with Crippen LogP contribution in [0.2, 0.25) is 0 Å². The van der Waals surface area contributed by atoms with Gasteiger partial charge in [0.25, 0.3) is 0 Å². The van der Waals surface area contributed by atoms with E-state index in [-0.39, 0.29) is 0 Å². The van der Waals surface area contributed by atoms with Crippen molar-refractivity contribution in [3.05, 3.63) is 131 Å². The Hall–Kier alpha value is -2.86. The molecule has 1 atom stereocenters. The van der Waals surface area contributed by atoms with Crippen molar-refractivity contribution in [3.63, 3.8) is 0 Å². The maximum atomic E-state index is 2.41. The molecule has 26 heavy (non-hydrogen) atoms. The van der Waals surface area contributed by atoms with Gasteiger partial charge in [0, 0.05) is 5.92 Å². The summed E-state index contributed by atoms with van der Waals surface area (Å²) in [7, 11) is 0. The lowest BCUT2D eigenvalue weighted by Crippen LogP contribution is -2.07. The first-order chi connectivity index (χ1) is 12.9. The molecule has 1 unspecified atom stereocenters. The van der Waals surface area contributed by atoms with Crippen molar-refractivity contribution in [2.45, 2.75) is 19.3 Å². The molecule has 0 aliphatic heterocycles. The van der Waals surface area contributed by atoms with Crippen molar-refractivity contribution in [2.24, 2.45) is 5.92 Å². The van der Waals surface area contributed by atoms with E-state index in [1.54, 1.807) is 5.57 Å². The third-order valence-corrected chi connectivity index (χ3v) is 5.16. The van der Waals surface area contributed by atoms with Crippen molar-refractivity contribution < 1.29 is 0 Å². The molecule has 0 nitrogen and oxygen atoms in total. The SMILES string of the molecule is C1=CC(Cc2ccccc2)C(Cc2ccccc2)=C1Cc1ccccc1. The number of hydrogen-bond donors (Lipinski definition) is 0. The van der Waals surface area contributed by atoms with Gasteiger partial charge < -0.3 is 0 Å². The van der Waals surface area contributed by atoms with E-state index in [0.717, 1.165) is 19.3 Å². The molecule has 0 heterocycles.